The molecule has 0 radical (unpaired) electrons. The molecule has 0 saturated heterocycles. The second-order valence-corrected chi connectivity index (χ2v) is 5.73. The Hall–Kier alpha value is -2.62. The van der Waals surface area contributed by atoms with Gasteiger partial charge in [0.15, 0.2) is 0 Å². The topological polar surface area (TPSA) is 40.6 Å². The second kappa shape index (κ2) is 6.24. The fourth-order valence-corrected chi connectivity index (χ4v) is 2.96. The number of carbonyl (C=O) groups excluding carboxylic acids is 2. The zero-order chi connectivity index (χ0) is 16.4. The molecule has 0 unspecified atom stereocenters. The molecule has 0 N–H and O–H groups in total. The molecule has 2 amide bonds. The number of amides is 2. The molecule has 0 atom stereocenters. The maximum Gasteiger partial charge on any atom is 0.261 e. The van der Waals surface area contributed by atoms with Crippen LogP contribution in [-0.2, 0) is 0 Å². The molecular weight excluding hydrogens is 288 g/mol. The monoisotopic (exact) mass is 308 g/mol. The molecule has 3 rings (SSSR count). The highest BCUT2D eigenvalue weighted by atomic mass is 16.2. The number of rotatable bonds is 5. The fraction of sp³-hybridized carbons (Fsp3) is 0.263. The van der Waals surface area contributed by atoms with Gasteiger partial charge in [0.25, 0.3) is 11.8 Å². The van der Waals surface area contributed by atoms with Gasteiger partial charge in [-0.25, -0.2) is 0 Å². The van der Waals surface area contributed by atoms with Crippen LogP contribution < -0.4 is 4.90 Å². The molecule has 1 heterocycles. The maximum absolute atomic E-state index is 12.4. The van der Waals surface area contributed by atoms with Gasteiger partial charge in [-0.1, -0.05) is 24.3 Å². The van der Waals surface area contributed by atoms with E-state index in [1.54, 1.807) is 24.3 Å². The number of imide groups is 1. The van der Waals surface area contributed by atoms with E-state index in [0.29, 0.717) is 24.2 Å². The summed E-state index contributed by atoms with van der Waals surface area (Å²) in [6.45, 7) is 5.98. The van der Waals surface area contributed by atoms with Gasteiger partial charge in [0.2, 0.25) is 0 Å². The van der Waals surface area contributed by atoms with Crippen LogP contribution in [0, 0.1) is 6.92 Å². The van der Waals surface area contributed by atoms with Crippen molar-refractivity contribution in [2.45, 2.75) is 13.8 Å². The molecule has 2 aromatic carbocycles. The highest BCUT2D eigenvalue weighted by Crippen LogP contribution is 2.23. The molecule has 2 aromatic rings. The first-order chi connectivity index (χ1) is 11.1. The molecule has 4 nitrogen and oxygen atoms in total. The van der Waals surface area contributed by atoms with Crippen molar-refractivity contribution in [1.82, 2.24) is 4.90 Å². The highest BCUT2D eigenvalue weighted by Gasteiger charge is 2.34. The first-order valence-electron chi connectivity index (χ1n) is 7.88. The molecule has 0 saturated carbocycles. The Kier molecular flexibility index (Phi) is 4.15. The standard InChI is InChI=1S/C19H20N2O2/c1-3-20(15-8-6-7-14(2)13-15)11-12-21-18(22)16-9-4-5-10-17(16)19(21)23/h4-10,13H,3,11-12H2,1-2H3. The number of hydrogen-bond acceptors (Lipinski definition) is 3. The third-order valence-electron chi connectivity index (χ3n) is 4.22. The van der Waals surface area contributed by atoms with Gasteiger partial charge in [-0.05, 0) is 43.7 Å². The molecule has 0 bridgehead atoms. The van der Waals surface area contributed by atoms with Crippen LogP contribution in [0.3, 0.4) is 0 Å². The summed E-state index contributed by atoms with van der Waals surface area (Å²) < 4.78 is 0. The lowest BCUT2D eigenvalue weighted by Gasteiger charge is -2.25. The number of aryl methyl sites for hydroxylation is 1. The van der Waals surface area contributed by atoms with Crippen LogP contribution in [0.4, 0.5) is 5.69 Å². The molecule has 23 heavy (non-hydrogen) atoms. The smallest absolute Gasteiger partial charge is 0.261 e. The van der Waals surface area contributed by atoms with Crippen molar-refractivity contribution in [3.8, 4) is 0 Å². The Bertz CT molecular complexity index is 720. The minimum atomic E-state index is -0.189. The summed E-state index contributed by atoms with van der Waals surface area (Å²) in [6.07, 6.45) is 0. The number of likely N-dealkylation sites (N-methyl/N-ethyl adjacent to an activating group) is 1. The van der Waals surface area contributed by atoms with Crippen LogP contribution in [-0.4, -0.2) is 36.3 Å². The van der Waals surface area contributed by atoms with E-state index in [1.165, 1.54) is 10.5 Å². The van der Waals surface area contributed by atoms with Gasteiger partial charge < -0.3 is 4.90 Å². The predicted octanol–water partition coefficient (Wildman–Crippen LogP) is 3.12. The van der Waals surface area contributed by atoms with Crippen LogP contribution >= 0.6 is 0 Å². The number of fused-ring (bicyclic) bond motifs is 1. The van der Waals surface area contributed by atoms with E-state index < -0.39 is 0 Å². The van der Waals surface area contributed by atoms with Gasteiger partial charge in [-0.3, -0.25) is 14.5 Å². The maximum atomic E-state index is 12.4. The molecule has 0 spiro atoms. The van der Waals surface area contributed by atoms with Crippen LogP contribution in [0.1, 0.15) is 33.2 Å². The minimum Gasteiger partial charge on any atom is -0.370 e. The molecule has 0 aliphatic carbocycles. The summed E-state index contributed by atoms with van der Waals surface area (Å²) >= 11 is 0. The number of hydrogen-bond donors (Lipinski definition) is 0. The van der Waals surface area contributed by atoms with Gasteiger partial charge in [0.1, 0.15) is 0 Å². The summed E-state index contributed by atoms with van der Waals surface area (Å²) in [4.78, 5) is 28.3. The van der Waals surface area contributed by atoms with Crippen molar-refractivity contribution in [1.29, 1.82) is 0 Å². The van der Waals surface area contributed by atoms with Crippen LogP contribution in [0.5, 0.6) is 0 Å². The second-order valence-electron chi connectivity index (χ2n) is 5.73. The summed E-state index contributed by atoms with van der Waals surface area (Å²) in [7, 11) is 0. The number of anilines is 1. The molecule has 118 valence electrons. The predicted molar refractivity (Wildman–Crippen MR) is 90.9 cm³/mol. The van der Waals surface area contributed by atoms with Crippen LogP contribution in [0.15, 0.2) is 48.5 Å². The van der Waals surface area contributed by atoms with Gasteiger partial charge >= 0.3 is 0 Å². The number of carbonyl (C=O) groups is 2. The van der Waals surface area contributed by atoms with E-state index in [9.17, 15) is 9.59 Å². The third-order valence-corrected chi connectivity index (χ3v) is 4.22. The third kappa shape index (κ3) is 2.84. The fourth-order valence-electron chi connectivity index (χ4n) is 2.96. The van der Waals surface area contributed by atoms with E-state index in [2.05, 4.69) is 36.9 Å². The Morgan fingerprint density at radius 3 is 2.17 bits per heavy atom. The number of benzene rings is 2. The molecule has 4 heteroatoms. The lowest BCUT2D eigenvalue weighted by Crippen LogP contribution is -2.38. The van der Waals surface area contributed by atoms with E-state index >= 15 is 0 Å². The lowest BCUT2D eigenvalue weighted by atomic mass is 10.1. The van der Waals surface area contributed by atoms with E-state index in [4.69, 9.17) is 0 Å². The minimum absolute atomic E-state index is 0.189. The van der Waals surface area contributed by atoms with Crippen LogP contribution in [0.2, 0.25) is 0 Å². The first-order valence-corrected chi connectivity index (χ1v) is 7.88. The van der Waals surface area contributed by atoms with Gasteiger partial charge in [0, 0.05) is 25.3 Å². The summed E-state index contributed by atoms with van der Waals surface area (Å²) in [5.74, 6) is -0.378. The van der Waals surface area contributed by atoms with Crippen molar-refractivity contribution < 1.29 is 9.59 Å². The van der Waals surface area contributed by atoms with Gasteiger partial charge in [-0.2, -0.15) is 0 Å². The summed E-state index contributed by atoms with van der Waals surface area (Å²) in [5, 5.41) is 0. The average molecular weight is 308 g/mol. The van der Waals surface area contributed by atoms with Crippen molar-refractivity contribution in [2.24, 2.45) is 0 Å². The Morgan fingerprint density at radius 2 is 1.61 bits per heavy atom. The molecule has 0 aromatic heterocycles. The molecular formula is C19H20N2O2. The average Bonchev–Trinajstić information content (AvgIpc) is 2.81. The van der Waals surface area contributed by atoms with Crippen molar-refractivity contribution in [3.05, 3.63) is 65.2 Å². The zero-order valence-corrected chi connectivity index (χ0v) is 13.5. The van der Waals surface area contributed by atoms with Crippen molar-refractivity contribution in [3.63, 3.8) is 0 Å². The van der Waals surface area contributed by atoms with Crippen molar-refractivity contribution in [2.75, 3.05) is 24.5 Å². The normalized spacial score (nSPS) is 13.4. The Labute approximate surface area is 136 Å². The first kappa shape index (κ1) is 15.3. The summed E-state index contributed by atoms with van der Waals surface area (Å²) in [5.41, 5.74) is 3.33. The number of nitrogens with zero attached hydrogens (tertiary/aromatic N) is 2. The van der Waals surface area contributed by atoms with Crippen molar-refractivity contribution >= 4 is 17.5 Å². The summed E-state index contributed by atoms with van der Waals surface area (Å²) in [6, 6.07) is 15.3. The lowest BCUT2D eigenvalue weighted by molar-refractivity contribution is 0.0658. The highest BCUT2D eigenvalue weighted by molar-refractivity contribution is 6.21. The molecule has 0 fully saturated rings. The van der Waals surface area contributed by atoms with Gasteiger partial charge in [-0.15, -0.1) is 0 Å². The molecule has 1 aliphatic rings. The SMILES string of the molecule is CCN(CCN1C(=O)c2ccccc2C1=O)c1cccc(C)c1. The van der Waals surface area contributed by atoms with E-state index in [1.807, 2.05) is 6.07 Å². The largest absolute Gasteiger partial charge is 0.370 e. The Morgan fingerprint density at radius 1 is 0.957 bits per heavy atom. The zero-order valence-electron chi connectivity index (χ0n) is 13.5. The quantitative estimate of drug-likeness (QED) is 0.797. The van der Waals surface area contributed by atoms with E-state index in [-0.39, 0.29) is 11.8 Å². The molecule has 1 aliphatic heterocycles. The van der Waals surface area contributed by atoms with E-state index in [0.717, 1.165) is 12.2 Å². The van der Waals surface area contributed by atoms with Gasteiger partial charge in [0.05, 0.1) is 11.1 Å². The Balaban J connectivity index is 1.73. The van der Waals surface area contributed by atoms with Crippen LogP contribution in [0.25, 0.3) is 0 Å².